The summed E-state index contributed by atoms with van der Waals surface area (Å²) >= 11 is 0. The standard InChI is InChI=1S/C55H36N2O/c1-4-18-37(19-5-1)55(46-28-14-10-24-41(46)42-25-11-15-29-47(42)55)48-33-35-51(53-44-27-13-17-31-52(44)58-54(48)53)56(38-20-6-2-7-21-38)40-32-34-50-45(36-40)43-26-12-16-30-49(43)57(50)39-22-8-3-9-23-39/h1-36H. The number of aromatic nitrogens is 1. The largest absolute Gasteiger partial charge is 0.456 e. The smallest absolute Gasteiger partial charge is 0.142 e. The van der Waals surface area contributed by atoms with E-state index in [2.05, 4.69) is 228 Å². The van der Waals surface area contributed by atoms with Crippen LogP contribution in [0.1, 0.15) is 22.3 Å². The van der Waals surface area contributed by atoms with Crippen LogP contribution in [0.3, 0.4) is 0 Å². The van der Waals surface area contributed by atoms with Crippen molar-refractivity contribution in [3.63, 3.8) is 0 Å². The lowest BCUT2D eigenvalue weighted by Crippen LogP contribution is -2.29. The molecule has 1 aliphatic carbocycles. The molecular formula is C55H36N2O. The van der Waals surface area contributed by atoms with Crippen molar-refractivity contribution in [3.8, 4) is 16.8 Å². The highest BCUT2D eigenvalue weighted by atomic mass is 16.3. The van der Waals surface area contributed by atoms with Gasteiger partial charge in [0.25, 0.3) is 0 Å². The fourth-order valence-corrected chi connectivity index (χ4v) is 9.93. The third kappa shape index (κ3) is 4.56. The molecule has 0 fully saturated rings. The minimum Gasteiger partial charge on any atom is -0.456 e. The van der Waals surface area contributed by atoms with Crippen molar-refractivity contribution in [3.05, 3.63) is 241 Å². The van der Waals surface area contributed by atoms with Gasteiger partial charge in [0.2, 0.25) is 0 Å². The van der Waals surface area contributed by atoms with E-state index in [1.165, 1.54) is 49.6 Å². The van der Waals surface area contributed by atoms with Crippen LogP contribution in [0, 0.1) is 0 Å². The van der Waals surface area contributed by atoms with E-state index >= 15 is 0 Å². The number of para-hydroxylation sites is 4. The Bertz CT molecular complexity index is 3300. The van der Waals surface area contributed by atoms with E-state index in [0.29, 0.717) is 0 Å². The van der Waals surface area contributed by atoms with Gasteiger partial charge in [0.1, 0.15) is 11.2 Å². The van der Waals surface area contributed by atoms with Crippen molar-refractivity contribution in [2.45, 2.75) is 5.41 Å². The van der Waals surface area contributed by atoms with Crippen LogP contribution >= 0.6 is 0 Å². The summed E-state index contributed by atoms with van der Waals surface area (Å²) in [6.45, 7) is 0. The van der Waals surface area contributed by atoms with Gasteiger partial charge in [-0.15, -0.1) is 0 Å². The van der Waals surface area contributed by atoms with Gasteiger partial charge < -0.3 is 13.9 Å². The number of fused-ring (bicyclic) bond motifs is 9. The first-order valence-electron chi connectivity index (χ1n) is 19.9. The molecule has 12 rings (SSSR count). The van der Waals surface area contributed by atoms with Gasteiger partial charge in [-0.25, -0.2) is 0 Å². The second kappa shape index (κ2) is 12.7. The van der Waals surface area contributed by atoms with Gasteiger partial charge in [-0.2, -0.15) is 0 Å². The molecule has 2 aromatic heterocycles. The summed E-state index contributed by atoms with van der Waals surface area (Å²) in [5.74, 6) is 0. The molecule has 0 N–H and O–H groups in total. The maximum atomic E-state index is 7.19. The van der Waals surface area contributed by atoms with E-state index in [1.54, 1.807) is 0 Å². The normalized spacial score (nSPS) is 13.0. The number of rotatable bonds is 6. The monoisotopic (exact) mass is 740 g/mol. The Balaban J connectivity index is 1.17. The first-order valence-corrected chi connectivity index (χ1v) is 19.9. The van der Waals surface area contributed by atoms with Gasteiger partial charge in [-0.05, 0) is 88.5 Å². The third-order valence-corrected chi connectivity index (χ3v) is 12.3. The third-order valence-electron chi connectivity index (χ3n) is 12.3. The summed E-state index contributed by atoms with van der Waals surface area (Å²) in [5, 5.41) is 4.58. The summed E-state index contributed by atoms with van der Waals surface area (Å²) in [4.78, 5) is 2.41. The van der Waals surface area contributed by atoms with Crippen molar-refractivity contribution >= 4 is 60.8 Å². The molecule has 58 heavy (non-hydrogen) atoms. The molecule has 0 saturated carbocycles. The molecule has 9 aromatic carbocycles. The van der Waals surface area contributed by atoms with Gasteiger partial charge in [0, 0.05) is 38.8 Å². The molecule has 0 unspecified atom stereocenters. The van der Waals surface area contributed by atoms with Crippen LogP contribution in [0.5, 0.6) is 0 Å². The number of hydrogen-bond acceptors (Lipinski definition) is 2. The van der Waals surface area contributed by atoms with Crippen LogP contribution in [0.2, 0.25) is 0 Å². The lowest BCUT2D eigenvalue weighted by atomic mass is 9.67. The Morgan fingerprint density at radius 2 is 1.00 bits per heavy atom. The topological polar surface area (TPSA) is 21.3 Å². The predicted octanol–water partition coefficient (Wildman–Crippen LogP) is 14.5. The molecule has 1 aliphatic rings. The highest BCUT2D eigenvalue weighted by Crippen LogP contribution is 2.58. The molecular weight excluding hydrogens is 705 g/mol. The Kier molecular flexibility index (Phi) is 7.14. The second-order valence-electron chi connectivity index (χ2n) is 15.2. The van der Waals surface area contributed by atoms with E-state index in [9.17, 15) is 0 Å². The Morgan fingerprint density at radius 1 is 0.414 bits per heavy atom. The number of furan rings is 1. The molecule has 0 atom stereocenters. The summed E-state index contributed by atoms with van der Waals surface area (Å²) in [5.41, 5.74) is 15.2. The maximum Gasteiger partial charge on any atom is 0.142 e. The van der Waals surface area contributed by atoms with Crippen molar-refractivity contribution in [2.24, 2.45) is 0 Å². The van der Waals surface area contributed by atoms with Crippen molar-refractivity contribution < 1.29 is 4.42 Å². The van der Waals surface area contributed by atoms with E-state index < -0.39 is 5.41 Å². The zero-order valence-electron chi connectivity index (χ0n) is 31.6. The van der Waals surface area contributed by atoms with Crippen LogP contribution in [-0.2, 0) is 5.41 Å². The van der Waals surface area contributed by atoms with E-state index in [-0.39, 0.29) is 0 Å². The zero-order chi connectivity index (χ0) is 38.2. The minimum absolute atomic E-state index is 0.616. The summed E-state index contributed by atoms with van der Waals surface area (Å²) in [6.07, 6.45) is 0. The summed E-state index contributed by atoms with van der Waals surface area (Å²) in [7, 11) is 0. The number of anilines is 3. The van der Waals surface area contributed by atoms with Gasteiger partial charge >= 0.3 is 0 Å². The second-order valence-corrected chi connectivity index (χ2v) is 15.2. The lowest BCUT2D eigenvalue weighted by molar-refractivity contribution is 0.648. The Morgan fingerprint density at radius 3 is 1.74 bits per heavy atom. The average molecular weight is 741 g/mol. The maximum absolute atomic E-state index is 7.19. The fraction of sp³-hybridized carbons (Fsp3) is 0.0182. The molecule has 3 nitrogen and oxygen atoms in total. The number of hydrogen-bond donors (Lipinski definition) is 0. The first-order chi connectivity index (χ1) is 28.8. The molecule has 11 aromatic rings. The number of nitrogens with zero attached hydrogens (tertiary/aromatic N) is 2. The highest BCUT2D eigenvalue weighted by Gasteiger charge is 2.48. The molecule has 0 saturated heterocycles. The van der Waals surface area contributed by atoms with Crippen LogP contribution in [0.25, 0.3) is 60.6 Å². The van der Waals surface area contributed by atoms with Crippen LogP contribution in [-0.4, -0.2) is 4.57 Å². The van der Waals surface area contributed by atoms with Crippen molar-refractivity contribution in [2.75, 3.05) is 4.90 Å². The molecule has 0 bridgehead atoms. The van der Waals surface area contributed by atoms with Gasteiger partial charge in [-0.3, -0.25) is 0 Å². The zero-order valence-corrected chi connectivity index (χ0v) is 31.6. The van der Waals surface area contributed by atoms with E-state index in [0.717, 1.165) is 50.3 Å². The van der Waals surface area contributed by atoms with Gasteiger partial charge in [0.05, 0.1) is 27.5 Å². The number of benzene rings is 9. The Labute approximate surface area is 336 Å². The van der Waals surface area contributed by atoms with Crippen LogP contribution in [0.15, 0.2) is 223 Å². The summed E-state index contributed by atoms with van der Waals surface area (Å²) < 4.78 is 9.56. The fourth-order valence-electron chi connectivity index (χ4n) is 9.93. The molecule has 2 heterocycles. The van der Waals surface area contributed by atoms with Gasteiger partial charge in [0.15, 0.2) is 0 Å². The van der Waals surface area contributed by atoms with E-state index in [1.807, 2.05) is 0 Å². The average Bonchev–Trinajstić information content (AvgIpc) is 3.95. The molecule has 272 valence electrons. The molecule has 0 aliphatic heterocycles. The SMILES string of the molecule is c1ccc(N(c2ccc3c(c2)c2ccccc2n3-c2ccccc2)c2ccc(C3(c4ccccc4)c4ccccc4-c4ccccc43)c3oc4ccccc4c23)cc1. The van der Waals surface area contributed by atoms with Crippen molar-refractivity contribution in [1.82, 2.24) is 4.57 Å². The molecule has 3 heteroatoms. The quantitative estimate of drug-likeness (QED) is 0.169. The van der Waals surface area contributed by atoms with E-state index in [4.69, 9.17) is 4.42 Å². The summed E-state index contributed by atoms with van der Waals surface area (Å²) in [6, 6.07) is 79.0. The molecule has 0 radical (unpaired) electrons. The van der Waals surface area contributed by atoms with Gasteiger partial charge in [-0.1, -0.05) is 158 Å². The Hall–Kier alpha value is -7.62. The van der Waals surface area contributed by atoms with Crippen LogP contribution in [0.4, 0.5) is 17.1 Å². The minimum atomic E-state index is -0.616. The van der Waals surface area contributed by atoms with Crippen molar-refractivity contribution in [1.29, 1.82) is 0 Å². The molecule has 0 amide bonds. The predicted molar refractivity (Wildman–Crippen MR) is 240 cm³/mol. The molecule has 0 spiro atoms. The van der Waals surface area contributed by atoms with Crippen LogP contribution < -0.4 is 4.90 Å². The lowest BCUT2D eigenvalue weighted by Gasteiger charge is -2.34. The highest BCUT2D eigenvalue weighted by molar-refractivity contribution is 6.16. The first kappa shape index (κ1) is 32.6.